The first-order chi connectivity index (χ1) is 8.74. The topological polar surface area (TPSA) is 82.1 Å². The van der Waals surface area contributed by atoms with Gasteiger partial charge in [-0.15, -0.1) is 0 Å². The van der Waals surface area contributed by atoms with Crippen molar-refractivity contribution < 1.29 is 28.0 Å². The van der Waals surface area contributed by atoms with E-state index >= 15 is 0 Å². The van der Waals surface area contributed by atoms with Crippen molar-refractivity contribution in [3.63, 3.8) is 0 Å². The number of carbonyl (C=O) groups excluding carboxylic acids is 3. The summed E-state index contributed by atoms with van der Waals surface area (Å²) in [6, 6.07) is 0. The molecule has 0 unspecified atom stereocenters. The van der Waals surface area contributed by atoms with Gasteiger partial charge in [0.25, 0.3) is 0 Å². The van der Waals surface area contributed by atoms with Crippen LogP contribution in [0, 0.1) is 5.41 Å². The second-order valence-electron chi connectivity index (χ2n) is 4.51. The van der Waals surface area contributed by atoms with E-state index in [2.05, 4.69) is 17.1 Å². The summed E-state index contributed by atoms with van der Waals surface area (Å²) in [4.78, 5) is 34.7. The first kappa shape index (κ1) is 17.6. The molecule has 0 radical (unpaired) electrons. The number of esters is 2. The number of hydrogen-bond acceptors (Lipinski definition) is 7. The SMILES string of the molecule is CCC(C)(C)C(=O)OCC(=O)OCN(C)C(=O)OS. The van der Waals surface area contributed by atoms with E-state index in [0.29, 0.717) is 6.42 Å². The van der Waals surface area contributed by atoms with Gasteiger partial charge in [-0.05, 0) is 20.3 Å². The van der Waals surface area contributed by atoms with Crippen molar-refractivity contribution >= 4 is 30.9 Å². The molecule has 110 valence electrons. The van der Waals surface area contributed by atoms with E-state index in [4.69, 9.17) is 9.47 Å². The van der Waals surface area contributed by atoms with Crippen LogP contribution in [0.1, 0.15) is 27.2 Å². The molecule has 0 saturated heterocycles. The molecule has 0 aromatic heterocycles. The quantitative estimate of drug-likeness (QED) is 0.262. The van der Waals surface area contributed by atoms with E-state index in [-0.39, 0.29) is 6.73 Å². The third kappa shape index (κ3) is 6.32. The highest BCUT2D eigenvalue weighted by Crippen LogP contribution is 2.21. The summed E-state index contributed by atoms with van der Waals surface area (Å²) in [5.74, 6) is -1.23. The Hall–Kier alpha value is -1.44. The van der Waals surface area contributed by atoms with Gasteiger partial charge < -0.3 is 13.7 Å². The van der Waals surface area contributed by atoms with E-state index in [9.17, 15) is 14.4 Å². The van der Waals surface area contributed by atoms with Gasteiger partial charge >= 0.3 is 18.0 Å². The number of ether oxygens (including phenoxy) is 2. The summed E-state index contributed by atoms with van der Waals surface area (Å²) in [5, 5.41) is 0. The van der Waals surface area contributed by atoms with Gasteiger partial charge in [0.1, 0.15) is 0 Å². The van der Waals surface area contributed by atoms with E-state index in [1.807, 2.05) is 6.92 Å². The fourth-order valence-corrected chi connectivity index (χ4v) is 0.936. The highest BCUT2D eigenvalue weighted by Gasteiger charge is 2.27. The number of amides is 1. The van der Waals surface area contributed by atoms with Crippen LogP contribution in [0.5, 0.6) is 0 Å². The predicted molar refractivity (Wildman–Crippen MR) is 69.2 cm³/mol. The van der Waals surface area contributed by atoms with Crippen molar-refractivity contribution in [3.05, 3.63) is 0 Å². The molecule has 0 fully saturated rings. The molecule has 0 heterocycles. The first-order valence-corrected chi connectivity index (χ1v) is 6.00. The smallest absolute Gasteiger partial charge is 0.424 e. The highest BCUT2D eigenvalue weighted by molar-refractivity contribution is 7.75. The molecule has 0 saturated carbocycles. The Balaban J connectivity index is 4.01. The molecule has 0 aromatic carbocycles. The van der Waals surface area contributed by atoms with Gasteiger partial charge in [-0.25, -0.2) is 9.59 Å². The lowest BCUT2D eigenvalue weighted by Gasteiger charge is -2.20. The van der Waals surface area contributed by atoms with E-state index < -0.39 is 30.1 Å². The number of nitrogens with zero attached hydrogens (tertiary/aromatic N) is 1. The Morgan fingerprint density at radius 2 is 1.79 bits per heavy atom. The monoisotopic (exact) mass is 293 g/mol. The molecule has 0 N–H and O–H groups in total. The molecular weight excluding hydrogens is 274 g/mol. The van der Waals surface area contributed by atoms with E-state index in [0.717, 1.165) is 4.90 Å². The molecule has 8 heteroatoms. The third-order valence-corrected chi connectivity index (χ3v) is 2.72. The number of rotatable bonds is 6. The molecular formula is C11H19NO6S. The lowest BCUT2D eigenvalue weighted by molar-refractivity contribution is -0.166. The molecule has 7 nitrogen and oxygen atoms in total. The minimum atomic E-state index is -0.764. The molecule has 1 amide bonds. The van der Waals surface area contributed by atoms with Gasteiger partial charge in [-0.3, -0.25) is 9.69 Å². The van der Waals surface area contributed by atoms with Crippen LogP contribution in [0.15, 0.2) is 0 Å². The summed E-state index contributed by atoms with van der Waals surface area (Å²) >= 11 is 3.31. The Labute approximate surface area is 117 Å². The average molecular weight is 293 g/mol. The third-order valence-electron chi connectivity index (χ3n) is 2.57. The van der Waals surface area contributed by atoms with Crippen molar-refractivity contribution in [2.45, 2.75) is 27.2 Å². The van der Waals surface area contributed by atoms with Crippen molar-refractivity contribution in [2.24, 2.45) is 5.41 Å². The van der Waals surface area contributed by atoms with Crippen LogP contribution in [0.25, 0.3) is 0 Å². The first-order valence-electron chi connectivity index (χ1n) is 5.64. The van der Waals surface area contributed by atoms with E-state index in [1.165, 1.54) is 7.05 Å². The second kappa shape index (κ2) is 7.88. The summed E-state index contributed by atoms with van der Waals surface area (Å²) in [6.07, 6.45) is -0.169. The van der Waals surface area contributed by atoms with Crippen LogP contribution in [0.3, 0.4) is 0 Å². The molecule has 0 rings (SSSR count). The summed E-state index contributed by atoms with van der Waals surface area (Å²) in [5.41, 5.74) is -0.646. The predicted octanol–water partition coefficient (Wildman–Crippen LogP) is 1.38. The summed E-state index contributed by atoms with van der Waals surface area (Å²) < 4.78 is 13.6. The van der Waals surface area contributed by atoms with Gasteiger partial charge in [0, 0.05) is 20.0 Å². The zero-order chi connectivity index (χ0) is 15.1. The van der Waals surface area contributed by atoms with Crippen LogP contribution in [0.4, 0.5) is 4.79 Å². The van der Waals surface area contributed by atoms with Crippen molar-refractivity contribution in [1.29, 1.82) is 0 Å². The van der Waals surface area contributed by atoms with Crippen LogP contribution in [-0.2, 0) is 23.2 Å². The van der Waals surface area contributed by atoms with Crippen molar-refractivity contribution in [1.82, 2.24) is 4.90 Å². The van der Waals surface area contributed by atoms with Crippen molar-refractivity contribution in [2.75, 3.05) is 20.4 Å². The zero-order valence-corrected chi connectivity index (χ0v) is 12.4. The minimum absolute atomic E-state index is 0.313. The lowest BCUT2D eigenvalue weighted by atomic mass is 9.91. The van der Waals surface area contributed by atoms with Crippen LogP contribution in [0.2, 0.25) is 0 Å². The number of hydrogen-bond donors (Lipinski definition) is 1. The number of thiol groups is 1. The second-order valence-corrected chi connectivity index (χ2v) is 4.70. The van der Waals surface area contributed by atoms with Crippen molar-refractivity contribution in [3.8, 4) is 0 Å². The van der Waals surface area contributed by atoms with Crippen LogP contribution >= 0.6 is 12.9 Å². The maximum absolute atomic E-state index is 11.6. The standard InChI is InChI=1S/C11H19NO6S/c1-5-11(2,3)9(14)16-6-8(13)17-7-12(4)10(15)18-19/h19H,5-7H2,1-4H3. The maximum Gasteiger partial charge on any atom is 0.424 e. The van der Waals surface area contributed by atoms with Gasteiger partial charge in [0.2, 0.25) is 0 Å². The van der Waals surface area contributed by atoms with Crippen LogP contribution in [-0.4, -0.2) is 43.3 Å². The van der Waals surface area contributed by atoms with E-state index in [1.54, 1.807) is 13.8 Å². The molecule has 19 heavy (non-hydrogen) atoms. The summed E-state index contributed by atoms with van der Waals surface area (Å²) in [7, 11) is 1.36. The minimum Gasteiger partial charge on any atom is -0.453 e. The maximum atomic E-state index is 11.6. The largest absolute Gasteiger partial charge is 0.453 e. The lowest BCUT2D eigenvalue weighted by Crippen LogP contribution is -2.32. The zero-order valence-electron chi connectivity index (χ0n) is 11.5. The molecule has 0 atom stereocenters. The fourth-order valence-electron chi connectivity index (χ4n) is 0.797. The molecule has 0 aliphatic rings. The van der Waals surface area contributed by atoms with Gasteiger partial charge in [0.05, 0.1) is 5.41 Å². The highest BCUT2D eigenvalue weighted by atomic mass is 32.1. The van der Waals surface area contributed by atoms with Gasteiger partial charge in [-0.1, -0.05) is 6.92 Å². The molecule has 0 bridgehead atoms. The molecule has 0 spiro atoms. The fraction of sp³-hybridized carbons (Fsp3) is 0.727. The Morgan fingerprint density at radius 3 is 2.26 bits per heavy atom. The van der Waals surface area contributed by atoms with Crippen LogP contribution < -0.4 is 0 Å². The normalized spacial score (nSPS) is 10.6. The number of carbonyl (C=O) groups is 3. The Morgan fingerprint density at radius 1 is 1.21 bits per heavy atom. The molecule has 0 aromatic rings. The average Bonchev–Trinajstić information content (AvgIpc) is 2.40. The Bertz CT molecular complexity index is 344. The van der Waals surface area contributed by atoms with Gasteiger partial charge in [0.15, 0.2) is 13.3 Å². The Kier molecular flexibility index (Phi) is 7.28. The molecule has 0 aliphatic heterocycles. The molecule has 0 aliphatic carbocycles. The summed E-state index contributed by atoms with van der Waals surface area (Å²) in [6.45, 7) is 4.48. The van der Waals surface area contributed by atoms with Gasteiger partial charge in [-0.2, -0.15) is 0 Å².